The van der Waals surface area contributed by atoms with Crippen LogP contribution in [0, 0.1) is 0 Å². The van der Waals surface area contributed by atoms with E-state index in [1.165, 1.54) is 0 Å². The lowest BCUT2D eigenvalue weighted by Crippen LogP contribution is -2.06. The molecule has 2 atom stereocenters. The number of aliphatic hydroxyl groups excluding tert-OH is 1. The molecule has 0 unspecified atom stereocenters. The minimum atomic E-state index is -0.369. The van der Waals surface area contributed by atoms with Crippen LogP contribution in [-0.2, 0) is 4.74 Å². The van der Waals surface area contributed by atoms with E-state index in [0.717, 1.165) is 5.56 Å². The van der Waals surface area contributed by atoms with Gasteiger partial charge in [0.1, 0.15) is 0 Å². The van der Waals surface area contributed by atoms with Gasteiger partial charge in [-0.3, -0.25) is 0 Å². The zero-order valence-corrected chi connectivity index (χ0v) is 9.80. The third-order valence-electron chi connectivity index (χ3n) is 2.89. The third kappa shape index (κ3) is 2.74. The van der Waals surface area contributed by atoms with E-state index in [4.69, 9.17) is 4.74 Å². The van der Waals surface area contributed by atoms with Gasteiger partial charge < -0.3 is 9.84 Å². The number of esters is 1. The summed E-state index contributed by atoms with van der Waals surface area (Å²) >= 11 is 0. The van der Waals surface area contributed by atoms with Gasteiger partial charge in [-0.15, -0.1) is 0 Å². The number of aliphatic hydroxyl groups is 1. The Morgan fingerprint density at radius 2 is 2.29 bits per heavy atom. The molecule has 1 N–H and O–H groups in total. The highest BCUT2D eigenvalue weighted by Crippen LogP contribution is 2.29. The summed E-state index contributed by atoms with van der Waals surface area (Å²) in [5.41, 5.74) is 1.61. The second-order valence-electron chi connectivity index (χ2n) is 4.14. The molecule has 1 aliphatic rings. The van der Waals surface area contributed by atoms with E-state index in [-0.39, 0.29) is 18.0 Å². The maximum Gasteiger partial charge on any atom is 0.338 e. The molecule has 0 saturated heterocycles. The molecule has 1 aliphatic carbocycles. The SMILES string of the molecule is CCOC(=O)c1cccc([C@@H]2C=C[C@@H](O)C2)c1. The molecule has 1 aromatic carbocycles. The smallest absolute Gasteiger partial charge is 0.338 e. The van der Waals surface area contributed by atoms with Crippen LogP contribution in [0.5, 0.6) is 0 Å². The van der Waals surface area contributed by atoms with Gasteiger partial charge >= 0.3 is 5.97 Å². The van der Waals surface area contributed by atoms with E-state index in [1.54, 1.807) is 19.1 Å². The Morgan fingerprint density at radius 3 is 2.94 bits per heavy atom. The molecule has 0 fully saturated rings. The highest BCUT2D eigenvalue weighted by molar-refractivity contribution is 5.89. The lowest BCUT2D eigenvalue weighted by molar-refractivity contribution is 0.0526. The first-order valence-electron chi connectivity index (χ1n) is 5.84. The highest BCUT2D eigenvalue weighted by Gasteiger charge is 2.19. The molecular weight excluding hydrogens is 216 g/mol. The first-order chi connectivity index (χ1) is 8.20. The number of carbonyl (C=O) groups is 1. The molecule has 0 amide bonds. The topological polar surface area (TPSA) is 46.5 Å². The monoisotopic (exact) mass is 232 g/mol. The summed E-state index contributed by atoms with van der Waals surface area (Å²) in [4.78, 5) is 11.6. The number of benzene rings is 1. The third-order valence-corrected chi connectivity index (χ3v) is 2.89. The van der Waals surface area contributed by atoms with E-state index in [2.05, 4.69) is 0 Å². The molecule has 3 nitrogen and oxygen atoms in total. The summed E-state index contributed by atoms with van der Waals surface area (Å²) in [6, 6.07) is 7.40. The quantitative estimate of drug-likeness (QED) is 0.642. The number of ether oxygens (including phenoxy) is 1. The molecule has 3 heteroatoms. The van der Waals surface area contributed by atoms with Gasteiger partial charge in [0.25, 0.3) is 0 Å². The molecule has 17 heavy (non-hydrogen) atoms. The second-order valence-corrected chi connectivity index (χ2v) is 4.14. The molecule has 2 rings (SSSR count). The van der Waals surface area contributed by atoms with Crippen LogP contribution in [0.15, 0.2) is 36.4 Å². The van der Waals surface area contributed by atoms with Crippen LogP contribution >= 0.6 is 0 Å². The van der Waals surface area contributed by atoms with Gasteiger partial charge in [0.05, 0.1) is 18.3 Å². The molecule has 90 valence electrons. The molecule has 0 heterocycles. The van der Waals surface area contributed by atoms with E-state index in [0.29, 0.717) is 18.6 Å². The van der Waals surface area contributed by atoms with Crippen molar-refractivity contribution < 1.29 is 14.6 Å². The van der Waals surface area contributed by atoms with Crippen LogP contribution in [0.3, 0.4) is 0 Å². The van der Waals surface area contributed by atoms with Crippen LogP contribution < -0.4 is 0 Å². The summed E-state index contributed by atoms with van der Waals surface area (Å²) in [6.07, 6.45) is 4.09. The Hall–Kier alpha value is -1.61. The Kier molecular flexibility index (Phi) is 3.59. The largest absolute Gasteiger partial charge is 0.462 e. The molecule has 0 aliphatic heterocycles. The van der Waals surface area contributed by atoms with Crippen LogP contribution in [0.25, 0.3) is 0 Å². The first kappa shape index (κ1) is 11.9. The average Bonchev–Trinajstić information content (AvgIpc) is 2.76. The second kappa shape index (κ2) is 5.15. The van der Waals surface area contributed by atoms with Gasteiger partial charge in [-0.2, -0.15) is 0 Å². The Balaban J connectivity index is 2.17. The lowest BCUT2D eigenvalue weighted by Gasteiger charge is -2.10. The number of allylic oxidation sites excluding steroid dienone is 1. The Morgan fingerprint density at radius 1 is 1.47 bits per heavy atom. The summed E-state index contributed by atoms with van der Waals surface area (Å²) in [7, 11) is 0. The normalized spacial score (nSPS) is 22.7. The van der Waals surface area contributed by atoms with Gasteiger partial charge in [-0.25, -0.2) is 4.79 Å². The van der Waals surface area contributed by atoms with Gasteiger partial charge in [0.15, 0.2) is 0 Å². The molecule has 0 radical (unpaired) electrons. The Labute approximate surface area is 101 Å². The van der Waals surface area contributed by atoms with Crippen LogP contribution in [-0.4, -0.2) is 23.8 Å². The maximum atomic E-state index is 11.6. The van der Waals surface area contributed by atoms with Crippen molar-refractivity contribution in [3.63, 3.8) is 0 Å². The summed E-state index contributed by atoms with van der Waals surface area (Å²) in [6.45, 7) is 2.17. The predicted molar refractivity (Wildman–Crippen MR) is 64.9 cm³/mol. The lowest BCUT2D eigenvalue weighted by atomic mass is 9.96. The van der Waals surface area contributed by atoms with Crippen molar-refractivity contribution in [3.05, 3.63) is 47.5 Å². The van der Waals surface area contributed by atoms with Crippen molar-refractivity contribution in [2.24, 2.45) is 0 Å². The van der Waals surface area contributed by atoms with Crippen molar-refractivity contribution in [3.8, 4) is 0 Å². The number of hydrogen-bond acceptors (Lipinski definition) is 3. The van der Waals surface area contributed by atoms with Gasteiger partial charge in [0, 0.05) is 5.92 Å². The highest BCUT2D eigenvalue weighted by atomic mass is 16.5. The van der Waals surface area contributed by atoms with Crippen molar-refractivity contribution in [2.75, 3.05) is 6.61 Å². The molecule has 0 saturated carbocycles. The standard InChI is InChI=1S/C14H16O3/c1-2-17-14(16)12-5-3-4-10(8-12)11-6-7-13(15)9-11/h3-8,11,13,15H,2,9H2,1H3/t11-,13-/m1/s1. The van der Waals surface area contributed by atoms with Gasteiger partial charge in [0.2, 0.25) is 0 Å². The molecular formula is C14H16O3. The fourth-order valence-corrected chi connectivity index (χ4v) is 2.04. The average molecular weight is 232 g/mol. The minimum absolute atomic E-state index is 0.194. The summed E-state index contributed by atoms with van der Waals surface area (Å²) in [5.74, 6) is -0.101. The van der Waals surface area contributed by atoms with Crippen LogP contribution in [0.4, 0.5) is 0 Å². The molecule has 0 spiro atoms. The fraction of sp³-hybridized carbons (Fsp3) is 0.357. The molecule has 0 aromatic heterocycles. The van der Waals surface area contributed by atoms with E-state index in [9.17, 15) is 9.90 Å². The Bertz CT molecular complexity index is 437. The summed E-state index contributed by atoms with van der Waals surface area (Å²) in [5, 5.41) is 9.45. The van der Waals surface area contributed by atoms with Crippen molar-refractivity contribution >= 4 is 5.97 Å². The van der Waals surface area contributed by atoms with Crippen molar-refractivity contribution in [1.82, 2.24) is 0 Å². The zero-order valence-electron chi connectivity index (χ0n) is 9.80. The van der Waals surface area contributed by atoms with Crippen LogP contribution in [0.2, 0.25) is 0 Å². The first-order valence-corrected chi connectivity index (χ1v) is 5.84. The van der Waals surface area contributed by atoms with Gasteiger partial charge in [-0.1, -0.05) is 24.3 Å². The van der Waals surface area contributed by atoms with E-state index in [1.807, 2.05) is 24.3 Å². The maximum absolute atomic E-state index is 11.6. The molecule has 1 aromatic rings. The van der Waals surface area contributed by atoms with Gasteiger partial charge in [-0.05, 0) is 31.0 Å². The predicted octanol–water partition coefficient (Wildman–Crippen LogP) is 2.27. The number of hydrogen-bond donors (Lipinski definition) is 1. The van der Waals surface area contributed by atoms with Crippen molar-refractivity contribution in [1.29, 1.82) is 0 Å². The van der Waals surface area contributed by atoms with E-state index >= 15 is 0 Å². The number of rotatable bonds is 3. The minimum Gasteiger partial charge on any atom is -0.462 e. The summed E-state index contributed by atoms with van der Waals surface area (Å²) < 4.78 is 4.96. The fourth-order valence-electron chi connectivity index (χ4n) is 2.04. The molecule has 0 bridgehead atoms. The number of carbonyl (C=O) groups excluding carboxylic acids is 1. The van der Waals surface area contributed by atoms with Crippen LogP contribution in [0.1, 0.15) is 35.2 Å². The zero-order chi connectivity index (χ0) is 12.3. The van der Waals surface area contributed by atoms with Crippen molar-refractivity contribution in [2.45, 2.75) is 25.4 Å². The van der Waals surface area contributed by atoms with E-state index < -0.39 is 0 Å².